The van der Waals surface area contributed by atoms with Crippen LogP contribution in [0.1, 0.15) is 6.42 Å². The van der Waals surface area contributed by atoms with Gasteiger partial charge in [-0.2, -0.15) is 0 Å². The Morgan fingerprint density at radius 3 is 2.77 bits per heavy atom. The quantitative estimate of drug-likeness (QED) is 0.778. The van der Waals surface area contributed by atoms with Crippen molar-refractivity contribution in [1.29, 1.82) is 0 Å². The molecule has 1 aromatic heterocycles. The van der Waals surface area contributed by atoms with E-state index in [1.807, 2.05) is 0 Å². The molecule has 0 aliphatic carbocycles. The molecule has 2 heterocycles. The molecule has 1 atom stereocenters. The van der Waals surface area contributed by atoms with Crippen molar-refractivity contribution in [2.75, 3.05) is 20.7 Å². The number of hydrogen-bond donors (Lipinski definition) is 0. The van der Waals surface area contributed by atoms with E-state index in [4.69, 9.17) is 9.15 Å². The molecule has 9 heteroatoms. The second-order valence-corrected chi connectivity index (χ2v) is 8.27. The number of sulfonamides is 1. The maximum absolute atomic E-state index is 12.1. The van der Waals surface area contributed by atoms with Gasteiger partial charge in [0.25, 0.3) is 5.22 Å². The first-order valence-corrected chi connectivity index (χ1v) is 8.86. The van der Waals surface area contributed by atoms with Gasteiger partial charge >= 0.3 is 5.97 Å². The van der Waals surface area contributed by atoms with Crippen molar-refractivity contribution in [3.8, 4) is 0 Å². The lowest BCUT2D eigenvalue weighted by Crippen LogP contribution is -2.22. The lowest BCUT2D eigenvalue weighted by molar-refractivity contribution is -0.137. The highest BCUT2D eigenvalue weighted by atomic mass is 32.2. The van der Waals surface area contributed by atoms with Crippen LogP contribution < -0.4 is 0 Å². The first-order valence-electron chi connectivity index (χ1n) is 6.54. The summed E-state index contributed by atoms with van der Waals surface area (Å²) in [6, 6.07) is 4.50. The molecule has 1 aromatic carbocycles. The molecule has 1 aliphatic heterocycles. The van der Waals surface area contributed by atoms with Gasteiger partial charge in [-0.25, -0.2) is 17.7 Å². The van der Waals surface area contributed by atoms with Crippen LogP contribution in [0.3, 0.4) is 0 Å². The molecular weight excluding hydrogens is 328 g/mol. The van der Waals surface area contributed by atoms with Gasteiger partial charge in [-0.05, 0) is 18.2 Å². The largest absolute Gasteiger partial charge is 0.465 e. The van der Waals surface area contributed by atoms with Gasteiger partial charge in [0.05, 0.1) is 11.5 Å². The van der Waals surface area contributed by atoms with E-state index in [9.17, 15) is 13.2 Å². The van der Waals surface area contributed by atoms with E-state index in [0.29, 0.717) is 29.4 Å². The number of thioether (sulfide) groups is 1. The molecule has 0 N–H and O–H groups in total. The molecular formula is C13H14N2O5S2. The second-order valence-electron chi connectivity index (χ2n) is 4.96. The number of oxazole rings is 1. The standard InChI is InChI=1S/C13H14N2O5S2/c1-15(2)22(17,18)8-3-4-10-9(7-8)14-13(20-10)21-11-5-6-19-12(11)16/h3-4,7,11H,5-6H2,1-2H3. The van der Waals surface area contributed by atoms with Crippen LogP contribution in [0.2, 0.25) is 0 Å². The molecule has 0 saturated carbocycles. The Morgan fingerprint density at radius 1 is 1.36 bits per heavy atom. The van der Waals surface area contributed by atoms with E-state index in [0.717, 1.165) is 4.31 Å². The van der Waals surface area contributed by atoms with Gasteiger partial charge in [0.2, 0.25) is 10.0 Å². The van der Waals surface area contributed by atoms with Crippen LogP contribution >= 0.6 is 11.8 Å². The number of nitrogens with zero attached hydrogens (tertiary/aromatic N) is 2. The summed E-state index contributed by atoms with van der Waals surface area (Å²) in [6.45, 7) is 0.405. The molecule has 3 rings (SSSR count). The Morgan fingerprint density at radius 2 is 2.14 bits per heavy atom. The zero-order chi connectivity index (χ0) is 15.9. The molecule has 118 valence electrons. The number of cyclic esters (lactones) is 1. The topological polar surface area (TPSA) is 89.7 Å². The average Bonchev–Trinajstić information content (AvgIpc) is 3.04. The summed E-state index contributed by atoms with van der Waals surface area (Å²) >= 11 is 1.19. The van der Waals surface area contributed by atoms with Crippen LogP contribution in [0.25, 0.3) is 11.1 Å². The number of benzene rings is 1. The minimum absolute atomic E-state index is 0.148. The predicted octanol–water partition coefficient (Wildman–Crippen LogP) is 1.49. The minimum Gasteiger partial charge on any atom is -0.465 e. The molecule has 1 unspecified atom stereocenters. The number of hydrogen-bond acceptors (Lipinski definition) is 7. The summed E-state index contributed by atoms with van der Waals surface area (Å²) in [7, 11) is -0.584. The van der Waals surface area contributed by atoms with Gasteiger partial charge in [-0.15, -0.1) is 0 Å². The smallest absolute Gasteiger partial charge is 0.319 e. The molecule has 7 nitrogen and oxygen atoms in total. The van der Waals surface area contributed by atoms with Crippen molar-refractivity contribution in [1.82, 2.24) is 9.29 Å². The second kappa shape index (κ2) is 5.56. The van der Waals surface area contributed by atoms with E-state index >= 15 is 0 Å². The highest BCUT2D eigenvalue weighted by Gasteiger charge is 2.29. The first-order chi connectivity index (χ1) is 10.4. The molecule has 0 amide bonds. The number of esters is 1. The van der Waals surface area contributed by atoms with Crippen molar-refractivity contribution < 1.29 is 22.4 Å². The highest BCUT2D eigenvalue weighted by Crippen LogP contribution is 2.32. The Bertz CT molecular complexity index is 828. The van der Waals surface area contributed by atoms with Crippen molar-refractivity contribution in [2.24, 2.45) is 0 Å². The average molecular weight is 342 g/mol. The molecule has 1 fully saturated rings. The Kier molecular flexibility index (Phi) is 3.87. The summed E-state index contributed by atoms with van der Waals surface area (Å²) in [5.41, 5.74) is 0.920. The molecule has 2 aromatic rings. The van der Waals surface area contributed by atoms with Crippen molar-refractivity contribution in [2.45, 2.75) is 21.8 Å². The Labute approximate surface area is 131 Å². The number of rotatable bonds is 4. The summed E-state index contributed by atoms with van der Waals surface area (Å²) < 4.78 is 35.8. The van der Waals surface area contributed by atoms with Gasteiger partial charge < -0.3 is 9.15 Å². The van der Waals surface area contributed by atoms with Gasteiger partial charge in [-0.3, -0.25) is 4.79 Å². The highest BCUT2D eigenvalue weighted by molar-refractivity contribution is 8.00. The van der Waals surface area contributed by atoms with Crippen LogP contribution in [0.4, 0.5) is 0 Å². The number of fused-ring (bicyclic) bond motifs is 1. The lowest BCUT2D eigenvalue weighted by atomic mass is 10.3. The zero-order valence-corrected chi connectivity index (χ0v) is 13.6. The van der Waals surface area contributed by atoms with Gasteiger partial charge in [-0.1, -0.05) is 11.8 Å². The number of carbonyl (C=O) groups excluding carboxylic acids is 1. The number of carbonyl (C=O) groups is 1. The third-order valence-electron chi connectivity index (χ3n) is 3.25. The predicted molar refractivity (Wildman–Crippen MR) is 80.1 cm³/mol. The van der Waals surface area contributed by atoms with Crippen LogP contribution in [0.5, 0.6) is 0 Å². The maximum atomic E-state index is 12.1. The van der Waals surface area contributed by atoms with E-state index in [1.165, 1.54) is 38.0 Å². The maximum Gasteiger partial charge on any atom is 0.319 e. The van der Waals surface area contributed by atoms with E-state index < -0.39 is 10.0 Å². The molecule has 1 saturated heterocycles. The summed E-state index contributed by atoms with van der Waals surface area (Å²) in [5, 5.41) is 0.0105. The minimum atomic E-state index is -3.52. The number of aromatic nitrogens is 1. The van der Waals surface area contributed by atoms with E-state index in [2.05, 4.69) is 4.98 Å². The third-order valence-corrected chi connectivity index (χ3v) is 6.15. The van der Waals surface area contributed by atoms with Crippen molar-refractivity contribution in [3.05, 3.63) is 18.2 Å². The fraction of sp³-hybridized carbons (Fsp3) is 0.385. The third kappa shape index (κ3) is 2.71. The summed E-state index contributed by atoms with van der Waals surface area (Å²) in [5.74, 6) is -0.275. The molecule has 22 heavy (non-hydrogen) atoms. The van der Waals surface area contributed by atoms with Crippen molar-refractivity contribution >= 4 is 38.9 Å². The first kappa shape index (κ1) is 15.3. The monoisotopic (exact) mass is 342 g/mol. The number of ether oxygens (including phenoxy) is 1. The lowest BCUT2D eigenvalue weighted by Gasteiger charge is -2.10. The summed E-state index contributed by atoms with van der Waals surface area (Å²) in [6.07, 6.45) is 0.614. The van der Waals surface area contributed by atoms with E-state index in [-0.39, 0.29) is 16.1 Å². The van der Waals surface area contributed by atoms with Crippen molar-refractivity contribution in [3.63, 3.8) is 0 Å². The van der Waals surface area contributed by atoms with Gasteiger partial charge in [0.15, 0.2) is 5.58 Å². The SMILES string of the molecule is CN(C)S(=O)(=O)c1ccc2oc(SC3CCOC3=O)nc2c1. The fourth-order valence-electron chi connectivity index (χ4n) is 2.01. The van der Waals surface area contributed by atoms with E-state index in [1.54, 1.807) is 6.07 Å². The van der Waals surface area contributed by atoms with Crippen LogP contribution in [-0.2, 0) is 19.6 Å². The van der Waals surface area contributed by atoms with Crippen LogP contribution in [-0.4, -0.2) is 49.6 Å². The van der Waals surface area contributed by atoms with Gasteiger partial charge in [0, 0.05) is 20.5 Å². The van der Waals surface area contributed by atoms with Crippen LogP contribution in [0, 0.1) is 0 Å². The van der Waals surface area contributed by atoms with Crippen LogP contribution in [0.15, 0.2) is 32.7 Å². The molecule has 0 radical (unpaired) electrons. The fourth-order valence-corrected chi connectivity index (χ4v) is 3.85. The molecule has 0 bridgehead atoms. The molecule has 1 aliphatic rings. The molecule has 0 spiro atoms. The zero-order valence-electron chi connectivity index (χ0n) is 12.0. The van der Waals surface area contributed by atoms with Gasteiger partial charge in [0.1, 0.15) is 10.8 Å². The normalized spacial score (nSPS) is 19.0. The summed E-state index contributed by atoms with van der Waals surface area (Å²) in [4.78, 5) is 15.9. The Hall–Kier alpha value is -1.58. The Balaban J connectivity index is 1.92.